The van der Waals surface area contributed by atoms with Crippen LogP contribution in [0.25, 0.3) is 0 Å². The Balaban J connectivity index is 3.25. The van der Waals surface area contributed by atoms with Gasteiger partial charge < -0.3 is 4.74 Å². The van der Waals surface area contributed by atoms with Crippen molar-refractivity contribution >= 4 is 34.2 Å². The Hall–Kier alpha value is 0.0300. The third kappa shape index (κ3) is 2.10. The van der Waals surface area contributed by atoms with E-state index < -0.39 is 0 Å². The van der Waals surface area contributed by atoms with Crippen LogP contribution in [-0.2, 0) is 5.54 Å². The molecule has 1 heterocycles. The number of methoxy groups -OCH3 is 1. The highest BCUT2D eigenvalue weighted by Crippen LogP contribution is 2.31. The van der Waals surface area contributed by atoms with E-state index in [0.717, 1.165) is 3.57 Å². The van der Waals surface area contributed by atoms with Gasteiger partial charge in [-0.3, -0.25) is 0 Å². The summed E-state index contributed by atoms with van der Waals surface area (Å²) < 4.78 is 7.69. The maximum absolute atomic E-state index is 6.09. The summed E-state index contributed by atoms with van der Waals surface area (Å²) in [6, 6.07) is 0. The van der Waals surface area contributed by atoms with E-state index in [1.807, 2.05) is 20.8 Å². The van der Waals surface area contributed by atoms with Gasteiger partial charge in [0, 0.05) is 0 Å². The third-order valence-electron chi connectivity index (χ3n) is 1.57. The van der Waals surface area contributed by atoms with E-state index in [4.69, 9.17) is 16.3 Å². The van der Waals surface area contributed by atoms with Gasteiger partial charge in [-0.15, -0.1) is 5.10 Å². The van der Waals surface area contributed by atoms with Gasteiger partial charge in [0.15, 0.2) is 0 Å². The quantitative estimate of drug-likeness (QED) is 0.745. The molecule has 0 aliphatic heterocycles. The van der Waals surface area contributed by atoms with Crippen LogP contribution in [-0.4, -0.2) is 16.9 Å². The molecule has 0 aliphatic rings. The van der Waals surface area contributed by atoms with Crippen molar-refractivity contribution in [3.05, 3.63) is 8.72 Å². The van der Waals surface area contributed by atoms with Gasteiger partial charge in [-0.25, -0.2) is 4.68 Å². The van der Waals surface area contributed by atoms with Crippen molar-refractivity contribution in [2.75, 3.05) is 7.11 Å². The smallest absolute Gasteiger partial charge is 0.247 e. The van der Waals surface area contributed by atoms with Crippen LogP contribution in [0, 0.1) is 3.57 Å². The summed E-state index contributed by atoms with van der Waals surface area (Å²) in [7, 11) is 1.59. The molecular weight excluding hydrogens is 302 g/mol. The minimum atomic E-state index is -0.117. The molecule has 13 heavy (non-hydrogen) atoms. The fourth-order valence-corrected chi connectivity index (χ4v) is 1.86. The summed E-state index contributed by atoms with van der Waals surface area (Å²) >= 11 is 8.22. The summed E-state index contributed by atoms with van der Waals surface area (Å²) in [5.41, 5.74) is -0.117. The Morgan fingerprint density at radius 2 is 2.00 bits per heavy atom. The molecule has 0 bridgehead atoms. The minimum absolute atomic E-state index is 0.117. The first kappa shape index (κ1) is 11.1. The molecule has 0 fully saturated rings. The normalized spacial score (nSPS) is 11.8. The summed E-state index contributed by atoms with van der Waals surface area (Å²) in [4.78, 5) is 0. The molecule has 1 aromatic heterocycles. The van der Waals surface area contributed by atoms with Gasteiger partial charge in [-0.1, -0.05) is 11.6 Å². The second-order valence-electron chi connectivity index (χ2n) is 3.70. The van der Waals surface area contributed by atoms with E-state index in [1.165, 1.54) is 0 Å². The van der Waals surface area contributed by atoms with Crippen LogP contribution in [0.4, 0.5) is 0 Å². The Bertz CT molecular complexity index is 317. The molecule has 0 spiro atoms. The highest BCUT2D eigenvalue weighted by molar-refractivity contribution is 14.1. The molecule has 5 heteroatoms. The van der Waals surface area contributed by atoms with Crippen LogP contribution in [0.2, 0.25) is 5.15 Å². The number of nitrogens with zero attached hydrogens (tertiary/aromatic N) is 2. The lowest BCUT2D eigenvalue weighted by atomic mass is 10.1. The second kappa shape index (κ2) is 3.65. The predicted octanol–water partition coefficient (Wildman–Crippen LogP) is 2.90. The largest absolute Gasteiger partial charge is 0.479 e. The lowest BCUT2D eigenvalue weighted by Gasteiger charge is -2.19. The van der Waals surface area contributed by atoms with Gasteiger partial charge in [0.05, 0.1) is 12.6 Å². The van der Waals surface area contributed by atoms with E-state index in [2.05, 4.69) is 27.7 Å². The molecule has 1 aromatic rings. The highest BCUT2D eigenvalue weighted by Gasteiger charge is 2.22. The summed E-state index contributed by atoms with van der Waals surface area (Å²) in [6.45, 7) is 6.13. The Kier molecular flexibility index (Phi) is 3.12. The Morgan fingerprint density at radius 3 is 2.23 bits per heavy atom. The van der Waals surface area contributed by atoms with Crippen molar-refractivity contribution in [1.29, 1.82) is 0 Å². The fourth-order valence-electron chi connectivity index (χ4n) is 0.935. The van der Waals surface area contributed by atoms with Crippen molar-refractivity contribution in [2.45, 2.75) is 26.3 Å². The minimum Gasteiger partial charge on any atom is -0.479 e. The zero-order valence-corrected chi connectivity index (χ0v) is 11.0. The molecule has 0 atom stereocenters. The Morgan fingerprint density at radius 1 is 1.46 bits per heavy atom. The lowest BCUT2D eigenvalue weighted by molar-refractivity contribution is 0.330. The van der Waals surface area contributed by atoms with Crippen molar-refractivity contribution in [1.82, 2.24) is 9.78 Å². The van der Waals surface area contributed by atoms with Crippen LogP contribution in [0.5, 0.6) is 5.88 Å². The number of hydrogen-bond acceptors (Lipinski definition) is 2. The number of ether oxygens (including phenoxy) is 1. The van der Waals surface area contributed by atoms with E-state index in [1.54, 1.807) is 11.8 Å². The van der Waals surface area contributed by atoms with Crippen LogP contribution < -0.4 is 4.74 Å². The molecule has 0 N–H and O–H groups in total. The molecule has 0 radical (unpaired) electrons. The van der Waals surface area contributed by atoms with E-state index in [9.17, 15) is 0 Å². The molecule has 0 unspecified atom stereocenters. The fraction of sp³-hybridized carbons (Fsp3) is 0.625. The molecular formula is C8H12ClIN2O. The summed E-state index contributed by atoms with van der Waals surface area (Å²) in [5.74, 6) is 0.584. The van der Waals surface area contributed by atoms with Crippen molar-refractivity contribution in [3.63, 3.8) is 0 Å². The Labute approximate surface area is 96.5 Å². The first-order chi connectivity index (χ1) is 5.88. The van der Waals surface area contributed by atoms with Gasteiger partial charge in [0.1, 0.15) is 8.72 Å². The third-order valence-corrected chi connectivity index (χ3v) is 3.21. The average molecular weight is 315 g/mol. The second-order valence-corrected chi connectivity index (χ2v) is 5.13. The van der Waals surface area contributed by atoms with Crippen molar-refractivity contribution in [2.24, 2.45) is 0 Å². The van der Waals surface area contributed by atoms with Gasteiger partial charge in [-0.2, -0.15) is 0 Å². The topological polar surface area (TPSA) is 27.1 Å². The molecule has 0 amide bonds. The van der Waals surface area contributed by atoms with E-state index >= 15 is 0 Å². The van der Waals surface area contributed by atoms with E-state index in [-0.39, 0.29) is 5.54 Å². The summed E-state index contributed by atoms with van der Waals surface area (Å²) in [5, 5.41) is 4.88. The van der Waals surface area contributed by atoms with Gasteiger partial charge in [-0.05, 0) is 43.4 Å². The molecule has 0 aliphatic carbocycles. The van der Waals surface area contributed by atoms with Gasteiger partial charge >= 0.3 is 0 Å². The molecule has 0 saturated carbocycles. The zero-order chi connectivity index (χ0) is 10.2. The van der Waals surface area contributed by atoms with Gasteiger partial charge in [0.2, 0.25) is 5.88 Å². The van der Waals surface area contributed by atoms with Crippen molar-refractivity contribution < 1.29 is 4.74 Å². The van der Waals surface area contributed by atoms with Crippen LogP contribution in [0.15, 0.2) is 0 Å². The molecule has 74 valence electrons. The van der Waals surface area contributed by atoms with Gasteiger partial charge in [0.25, 0.3) is 0 Å². The molecule has 0 saturated heterocycles. The zero-order valence-electron chi connectivity index (χ0n) is 8.06. The maximum atomic E-state index is 6.09. The highest BCUT2D eigenvalue weighted by atomic mass is 127. The monoisotopic (exact) mass is 314 g/mol. The average Bonchev–Trinajstić information content (AvgIpc) is 2.28. The van der Waals surface area contributed by atoms with Crippen LogP contribution >= 0.6 is 34.2 Å². The predicted molar refractivity (Wildman–Crippen MR) is 61.5 cm³/mol. The number of halogens is 2. The SMILES string of the molecule is COc1nn(C(C)(C)C)c(Cl)c1I. The molecule has 1 rings (SSSR count). The first-order valence-corrected chi connectivity index (χ1v) is 5.32. The first-order valence-electron chi connectivity index (χ1n) is 3.86. The lowest BCUT2D eigenvalue weighted by Crippen LogP contribution is -2.23. The van der Waals surface area contributed by atoms with Crippen molar-refractivity contribution in [3.8, 4) is 5.88 Å². The van der Waals surface area contributed by atoms with Crippen LogP contribution in [0.3, 0.4) is 0 Å². The number of aromatic nitrogens is 2. The maximum Gasteiger partial charge on any atom is 0.247 e. The number of hydrogen-bond donors (Lipinski definition) is 0. The summed E-state index contributed by atoms with van der Waals surface area (Å²) in [6.07, 6.45) is 0. The van der Waals surface area contributed by atoms with E-state index in [0.29, 0.717) is 11.0 Å². The molecule has 0 aromatic carbocycles. The number of rotatable bonds is 1. The van der Waals surface area contributed by atoms with Crippen LogP contribution in [0.1, 0.15) is 20.8 Å². The standard InChI is InChI=1S/C8H12ClIN2O/c1-8(2,3)12-6(9)5(10)7(11-12)13-4/h1-4H3. The molecule has 3 nitrogen and oxygen atoms in total.